The Morgan fingerprint density at radius 1 is 1.50 bits per heavy atom. The van der Waals surface area contributed by atoms with Crippen LogP contribution < -0.4 is 4.18 Å². The highest BCUT2D eigenvalue weighted by molar-refractivity contribution is 14.3. The van der Waals surface area contributed by atoms with Crippen molar-refractivity contribution < 1.29 is 8.92 Å². The molecule has 0 radical (unpaired) electrons. The molecule has 0 unspecified atom stereocenters. The lowest BCUT2D eigenvalue weighted by Gasteiger charge is -2.06. The zero-order valence-corrected chi connectivity index (χ0v) is 14.4. The molecule has 0 bridgehead atoms. The summed E-state index contributed by atoms with van der Waals surface area (Å²) in [5.74, 6) is 1.61. The lowest BCUT2D eigenvalue weighted by Crippen LogP contribution is -1.96. The zero-order chi connectivity index (χ0) is 12.0. The Bertz CT molecular complexity index is 350. The zero-order valence-electron chi connectivity index (χ0n) is 8.39. The van der Waals surface area contributed by atoms with Gasteiger partial charge >= 0.3 is 0 Å². The highest BCUT2D eigenvalue weighted by Crippen LogP contribution is 2.64. The Hall–Kier alpha value is 0.660. The van der Waals surface area contributed by atoms with Crippen LogP contribution in [0.25, 0.3) is 5.76 Å². The molecular weight excluding hydrogens is 473 g/mol. The van der Waals surface area contributed by atoms with Gasteiger partial charge in [-0.25, -0.2) is 9.97 Å². The molecule has 0 aliphatic rings. The smallest absolute Gasteiger partial charge is 0.194 e. The van der Waals surface area contributed by atoms with E-state index in [0.717, 1.165) is 0 Å². The van der Waals surface area contributed by atoms with Crippen LogP contribution in [0.1, 0.15) is 12.7 Å². The summed E-state index contributed by atoms with van der Waals surface area (Å²) >= 11 is 6.04. The van der Waals surface area contributed by atoms with Crippen molar-refractivity contribution in [1.29, 1.82) is 0 Å². The molecule has 0 atom stereocenters. The number of hydrogen-bond donors (Lipinski definition) is 0. The molecule has 0 spiro atoms. The van der Waals surface area contributed by atoms with Crippen molar-refractivity contribution in [3.8, 4) is 5.75 Å². The Kier molecular flexibility index (Phi) is 7.25. The van der Waals surface area contributed by atoms with Gasteiger partial charge in [0.25, 0.3) is 0 Å². The molecule has 88 valence electrons. The van der Waals surface area contributed by atoms with Gasteiger partial charge in [-0.1, -0.05) is 6.58 Å². The maximum absolute atomic E-state index is 5.40. The van der Waals surface area contributed by atoms with Crippen LogP contribution in [0.5, 0.6) is 5.75 Å². The maximum atomic E-state index is 5.40. The second-order valence-corrected chi connectivity index (χ2v) is 20.0. The van der Waals surface area contributed by atoms with E-state index in [1.54, 1.807) is 12.4 Å². The predicted octanol–water partition coefficient (Wildman–Crippen LogP) is 4.61. The number of rotatable bonds is 6. The molecule has 0 saturated heterocycles. The third-order valence-corrected chi connectivity index (χ3v) is 5.22. The average Bonchev–Trinajstić information content (AvgIpc) is 2.27. The first kappa shape index (κ1) is 14.7. The third-order valence-electron chi connectivity index (χ3n) is 1.39. The van der Waals surface area contributed by atoms with Crippen molar-refractivity contribution in [1.82, 2.24) is 9.97 Å². The molecule has 1 aromatic heterocycles. The number of ether oxygens (including phenoxy) is 1. The minimum Gasteiger partial charge on any atom is -0.491 e. The lowest BCUT2D eigenvalue weighted by molar-refractivity contribution is 0.296. The summed E-state index contributed by atoms with van der Waals surface area (Å²) in [6, 6.07) is 0. The van der Waals surface area contributed by atoms with Crippen LogP contribution in [0.15, 0.2) is 19.0 Å². The summed E-state index contributed by atoms with van der Waals surface area (Å²) in [6.45, 7) is 6.18. The number of hydrogen-bond acceptors (Lipinski definition) is 5. The predicted molar refractivity (Wildman–Crippen MR) is 85.9 cm³/mol. The van der Waals surface area contributed by atoms with Crippen LogP contribution in [0.2, 0.25) is 0 Å². The molecule has 0 aliphatic carbocycles. The molecule has 0 aliphatic heterocycles. The summed E-state index contributed by atoms with van der Waals surface area (Å²) in [6.07, 6.45) is 3.23. The van der Waals surface area contributed by atoms with E-state index >= 15 is 0 Å². The van der Waals surface area contributed by atoms with Gasteiger partial charge in [0, 0.05) is 0 Å². The van der Waals surface area contributed by atoms with Crippen molar-refractivity contribution in [2.24, 2.45) is 0 Å². The first-order valence-corrected chi connectivity index (χ1v) is 12.5. The standard InChI is InChI=1S/C8H9I2N2O2PS/c1-3-13-6(2)8-11-4-7(5-12-8)14-16-15(9)10/h4-5H,2-3H2,1H3. The molecule has 1 aromatic rings. The summed E-state index contributed by atoms with van der Waals surface area (Å²) in [5.41, 5.74) is 0. The van der Waals surface area contributed by atoms with Crippen LogP contribution in [-0.4, -0.2) is 16.6 Å². The van der Waals surface area contributed by atoms with Crippen LogP contribution in [0.3, 0.4) is 0 Å². The topological polar surface area (TPSA) is 44.2 Å². The Balaban J connectivity index is 2.57. The van der Waals surface area contributed by atoms with E-state index in [1.165, 1.54) is 11.7 Å². The fourth-order valence-corrected chi connectivity index (χ4v) is 2.92. The fraction of sp³-hybridized carbons (Fsp3) is 0.250. The highest BCUT2D eigenvalue weighted by atomic mass is 127. The van der Waals surface area contributed by atoms with Crippen LogP contribution >= 0.6 is 58.2 Å². The van der Waals surface area contributed by atoms with Gasteiger partial charge in [-0.2, -0.15) is 0 Å². The molecule has 16 heavy (non-hydrogen) atoms. The van der Waals surface area contributed by atoms with Crippen molar-refractivity contribution >= 4 is 63.9 Å². The molecule has 0 saturated carbocycles. The number of halogens is 2. The van der Waals surface area contributed by atoms with E-state index in [2.05, 4.69) is 60.6 Å². The third kappa shape index (κ3) is 5.33. The SMILES string of the molecule is C=C(OCC)c1ncc(OSP(I)I)cn1. The van der Waals surface area contributed by atoms with Gasteiger partial charge in [0.05, 0.1) is 19.0 Å². The van der Waals surface area contributed by atoms with Crippen LogP contribution in [0.4, 0.5) is 0 Å². The summed E-state index contributed by atoms with van der Waals surface area (Å²) in [4.78, 5) is 8.21. The normalized spacial score (nSPS) is 10.2. The van der Waals surface area contributed by atoms with E-state index in [9.17, 15) is 0 Å². The monoisotopic (exact) mass is 482 g/mol. The molecule has 0 fully saturated rings. The molecule has 0 aromatic carbocycles. The number of aromatic nitrogens is 2. The van der Waals surface area contributed by atoms with Gasteiger partial charge in [-0.15, -0.1) is 0 Å². The highest BCUT2D eigenvalue weighted by Gasteiger charge is 2.05. The summed E-state index contributed by atoms with van der Waals surface area (Å²) < 4.78 is 10.4. The first-order valence-electron chi connectivity index (χ1n) is 4.24. The second-order valence-electron chi connectivity index (χ2n) is 2.46. The quantitative estimate of drug-likeness (QED) is 0.257. The van der Waals surface area contributed by atoms with Crippen LogP contribution in [-0.2, 0) is 4.74 Å². The maximum Gasteiger partial charge on any atom is 0.194 e. The van der Waals surface area contributed by atoms with Crippen molar-refractivity contribution in [3.63, 3.8) is 0 Å². The van der Waals surface area contributed by atoms with E-state index in [-0.39, 0.29) is 2.41 Å². The number of nitrogens with zero attached hydrogens (tertiary/aromatic N) is 2. The Labute approximate surface area is 126 Å². The summed E-state index contributed by atoms with van der Waals surface area (Å²) in [7, 11) is 0. The second kappa shape index (κ2) is 7.88. The molecule has 8 heteroatoms. The van der Waals surface area contributed by atoms with Gasteiger partial charge in [-0.3, -0.25) is 0 Å². The van der Waals surface area contributed by atoms with E-state index < -0.39 is 0 Å². The van der Waals surface area contributed by atoms with E-state index in [0.29, 0.717) is 23.9 Å². The minimum atomic E-state index is -0.213. The van der Waals surface area contributed by atoms with E-state index in [1.807, 2.05) is 6.92 Å². The Morgan fingerprint density at radius 2 is 2.12 bits per heavy atom. The minimum absolute atomic E-state index is 0.213. The van der Waals surface area contributed by atoms with E-state index in [4.69, 9.17) is 8.92 Å². The van der Waals surface area contributed by atoms with Crippen LogP contribution in [0, 0.1) is 0 Å². The van der Waals surface area contributed by atoms with Gasteiger partial charge in [0.15, 0.2) is 17.3 Å². The average molecular weight is 482 g/mol. The molecule has 0 amide bonds. The fourth-order valence-electron chi connectivity index (χ4n) is 0.813. The molecule has 1 rings (SSSR count). The van der Waals surface area contributed by atoms with Crippen molar-refractivity contribution in [3.05, 3.63) is 24.8 Å². The molecule has 1 heterocycles. The first-order chi connectivity index (χ1) is 7.63. The Morgan fingerprint density at radius 3 is 2.62 bits per heavy atom. The van der Waals surface area contributed by atoms with Crippen molar-refractivity contribution in [2.45, 2.75) is 6.92 Å². The van der Waals surface area contributed by atoms with Gasteiger partial charge in [0.2, 0.25) is 0 Å². The lowest BCUT2D eigenvalue weighted by atomic mass is 10.5. The van der Waals surface area contributed by atoms with Gasteiger partial charge in [0.1, 0.15) is 14.1 Å². The molecule has 4 nitrogen and oxygen atoms in total. The largest absolute Gasteiger partial charge is 0.491 e. The van der Waals surface area contributed by atoms with Crippen molar-refractivity contribution in [2.75, 3.05) is 6.61 Å². The molecular formula is C8H9I2N2O2PS. The molecule has 0 N–H and O–H groups in total. The van der Waals surface area contributed by atoms with Gasteiger partial charge < -0.3 is 8.92 Å². The van der Waals surface area contributed by atoms with Gasteiger partial charge in [-0.05, 0) is 51.0 Å². The summed E-state index contributed by atoms with van der Waals surface area (Å²) in [5, 5.41) is 0.